The predicted octanol–water partition coefficient (Wildman–Crippen LogP) is 2.21. The number of hydrogen-bond acceptors (Lipinski definition) is 4. The van der Waals surface area contributed by atoms with Crippen LogP contribution in [0.3, 0.4) is 0 Å². The van der Waals surface area contributed by atoms with E-state index in [1.807, 2.05) is 41.0 Å². The van der Waals surface area contributed by atoms with Gasteiger partial charge in [0.05, 0.1) is 23.1 Å². The average Bonchev–Trinajstić information content (AvgIpc) is 3.41. The van der Waals surface area contributed by atoms with Crippen molar-refractivity contribution in [3.63, 3.8) is 0 Å². The summed E-state index contributed by atoms with van der Waals surface area (Å²) in [4.78, 5) is 37.6. The zero-order chi connectivity index (χ0) is 20.0. The summed E-state index contributed by atoms with van der Waals surface area (Å²) in [6.45, 7) is 3.73. The van der Waals surface area contributed by atoms with Gasteiger partial charge in [0.1, 0.15) is 0 Å². The SMILES string of the molecule is CCC(=O)N1CCc2[nH]cnc2C12CCN(C(=O)c1n[nH]c3ccccc13)CC2. The molecule has 29 heavy (non-hydrogen) atoms. The van der Waals surface area contributed by atoms with Crippen molar-refractivity contribution in [2.75, 3.05) is 19.6 Å². The van der Waals surface area contributed by atoms with E-state index in [4.69, 9.17) is 0 Å². The van der Waals surface area contributed by atoms with E-state index in [0.29, 0.717) is 44.6 Å². The molecule has 2 aromatic heterocycles. The van der Waals surface area contributed by atoms with E-state index in [1.54, 1.807) is 6.33 Å². The molecule has 8 nitrogen and oxygen atoms in total. The summed E-state index contributed by atoms with van der Waals surface area (Å²) in [5, 5.41) is 8.04. The Bertz CT molecular complexity index is 1080. The molecule has 0 radical (unpaired) electrons. The fourth-order valence-electron chi connectivity index (χ4n) is 4.90. The third-order valence-electron chi connectivity index (χ3n) is 6.42. The maximum Gasteiger partial charge on any atom is 0.274 e. The van der Waals surface area contributed by atoms with Crippen LogP contribution in [0.1, 0.15) is 48.1 Å². The summed E-state index contributed by atoms with van der Waals surface area (Å²) >= 11 is 0. The molecule has 1 fully saturated rings. The minimum Gasteiger partial charge on any atom is -0.348 e. The van der Waals surface area contributed by atoms with E-state index >= 15 is 0 Å². The molecule has 4 heterocycles. The van der Waals surface area contributed by atoms with Gasteiger partial charge in [0.25, 0.3) is 5.91 Å². The Morgan fingerprint density at radius 3 is 2.76 bits per heavy atom. The first-order valence-electron chi connectivity index (χ1n) is 10.2. The zero-order valence-corrected chi connectivity index (χ0v) is 16.4. The quantitative estimate of drug-likeness (QED) is 0.699. The number of hydrogen-bond donors (Lipinski definition) is 2. The first-order chi connectivity index (χ1) is 14.1. The Balaban J connectivity index is 1.42. The minimum atomic E-state index is -0.425. The molecule has 0 atom stereocenters. The van der Waals surface area contributed by atoms with Gasteiger partial charge in [0.2, 0.25) is 5.91 Å². The largest absolute Gasteiger partial charge is 0.348 e. The smallest absolute Gasteiger partial charge is 0.274 e. The first kappa shape index (κ1) is 17.9. The molecule has 8 heteroatoms. The van der Waals surface area contributed by atoms with E-state index < -0.39 is 5.54 Å². The third-order valence-corrected chi connectivity index (χ3v) is 6.42. The van der Waals surface area contributed by atoms with Crippen molar-refractivity contribution in [1.29, 1.82) is 0 Å². The summed E-state index contributed by atoms with van der Waals surface area (Å²) in [6, 6.07) is 7.66. The highest BCUT2D eigenvalue weighted by Crippen LogP contribution is 2.42. The Labute approximate surface area is 168 Å². The predicted molar refractivity (Wildman–Crippen MR) is 107 cm³/mol. The van der Waals surface area contributed by atoms with E-state index in [-0.39, 0.29) is 11.8 Å². The molecular formula is C21H24N6O2. The van der Waals surface area contributed by atoms with Gasteiger partial charge in [-0.2, -0.15) is 5.10 Å². The van der Waals surface area contributed by atoms with Crippen molar-refractivity contribution in [3.8, 4) is 0 Å². The van der Waals surface area contributed by atoms with Crippen LogP contribution in [0.15, 0.2) is 30.6 Å². The fraction of sp³-hybridized carbons (Fsp3) is 0.429. The molecule has 2 N–H and O–H groups in total. The number of nitrogens with zero attached hydrogens (tertiary/aromatic N) is 4. The maximum atomic E-state index is 13.2. The Morgan fingerprint density at radius 1 is 1.17 bits per heavy atom. The molecule has 5 rings (SSSR count). The van der Waals surface area contributed by atoms with Crippen LogP contribution >= 0.6 is 0 Å². The Morgan fingerprint density at radius 2 is 1.97 bits per heavy atom. The van der Waals surface area contributed by atoms with Crippen LogP contribution in [0.5, 0.6) is 0 Å². The zero-order valence-electron chi connectivity index (χ0n) is 16.4. The normalized spacial score (nSPS) is 18.2. The maximum absolute atomic E-state index is 13.2. The van der Waals surface area contributed by atoms with Crippen LogP contribution in [-0.2, 0) is 16.8 Å². The van der Waals surface area contributed by atoms with Crippen molar-refractivity contribution in [1.82, 2.24) is 30.0 Å². The lowest BCUT2D eigenvalue weighted by atomic mass is 9.78. The van der Waals surface area contributed by atoms with Crippen molar-refractivity contribution in [2.24, 2.45) is 0 Å². The van der Waals surface area contributed by atoms with Gasteiger partial charge < -0.3 is 14.8 Å². The number of carbonyl (C=O) groups excluding carboxylic acids is 2. The molecule has 0 saturated carbocycles. The van der Waals surface area contributed by atoms with Crippen LogP contribution in [0.4, 0.5) is 0 Å². The first-order valence-corrected chi connectivity index (χ1v) is 10.2. The number of carbonyl (C=O) groups is 2. The van der Waals surface area contributed by atoms with Gasteiger partial charge in [-0.1, -0.05) is 25.1 Å². The number of aromatic nitrogens is 4. The molecule has 1 spiro atoms. The molecule has 3 aromatic rings. The second kappa shape index (κ2) is 6.72. The van der Waals surface area contributed by atoms with E-state index in [2.05, 4.69) is 20.2 Å². The summed E-state index contributed by atoms with van der Waals surface area (Å²) in [5.74, 6) is 0.0838. The monoisotopic (exact) mass is 392 g/mol. The highest BCUT2D eigenvalue weighted by molar-refractivity contribution is 6.04. The highest BCUT2D eigenvalue weighted by atomic mass is 16.2. The van der Waals surface area contributed by atoms with Crippen LogP contribution in [0.2, 0.25) is 0 Å². The molecule has 0 aliphatic carbocycles. The standard InChI is InChI=1S/C21H24N6O2/c1-2-17(28)27-10-7-16-19(23-13-22-16)21(27)8-11-26(12-9-21)20(29)18-14-5-3-4-6-15(14)24-25-18/h3-6,13H,2,7-12H2,1H3,(H,22,23)(H,24,25). The molecule has 2 aliphatic rings. The summed E-state index contributed by atoms with van der Waals surface area (Å²) < 4.78 is 0. The fourth-order valence-corrected chi connectivity index (χ4v) is 4.90. The van der Waals surface area contributed by atoms with Crippen LogP contribution in [0.25, 0.3) is 10.9 Å². The minimum absolute atomic E-state index is 0.0660. The lowest BCUT2D eigenvalue weighted by molar-refractivity contribution is -0.141. The van der Waals surface area contributed by atoms with Gasteiger partial charge in [-0.3, -0.25) is 14.7 Å². The third kappa shape index (κ3) is 2.66. The number of aromatic amines is 2. The van der Waals surface area contributed by atoms with Crippen LogP contribution in [-0.4, -0.2) is 61.4 Å². The van der Waals surface area contributed by atoms with Crippen LogP contribution < -0.4 is 0 Å². The molecule has 2 aliphatic heterocycles. The number of rotatable bonds is 2. The summed E-state index contributed by atoms with van der Waals surface area (Å²) in [7, 11) is 0. The van der Waals surface area contributed by atoms with Crippen molar-refractivity contribution < 1.29 is 9.59 Å². The summed E-state index contributed by atoms with van der Waals surface area (Å²) in [5.41, 5.74) is 2.98. The number of benzene rings is 1. The number of amides is 2. The topological polar surface area (TPSA) is 98.0 Å². The molecule has 0 bridgehead atoms. The summed E-state index contributed by atoms with van der Waals surface area (Å²) in [6.07, 6.45) is 4.36. The van der Waals surface area contributed by atoms with Crippen molar-refractivity contribution in [2.45, 2.75) is 38.1 Å². The lowest BCUT2D eigenvalue weighted by Gasteiger charge is -2.50. The second-order valence-electron chi connectivity index (χ2n) is 7.82. The van der Waals surface area contributed by atoms with Gasteiger partial charge in [0, 0.05) is 43.6 Å². The molecule has 1 saturated heterocycles. The average molecular weight is 392 g/mol. The van der Waals surface area contributed by atoms with Crippen molar-refractivity contribution in [3.05, 3.63) is 47.7 Å². The number of nitrogens with one attached hydrogen (secondary N) is 2. The number of likely N-dealkylation sites (tertiary alicyclic amines) is 1. The van der Waals surface area contributed by atoms with Gasteiger partial charge in [-0.25, -0.2) is 4.98 Å². The molecule has 2 amide bonds. The Kier molecular flexibility index (Phi) is 4.15. The second-order valence-corrected chi connectivity index (χ2v) is 7.82. The van der Waals surface area contributed by atoms with Gasteiger partial charge in [0.15, 0.2) is 5.69 Å². The van der Waals surface area contributed by atoms with E-state index in [9.17, 15) is 9.59 Å². The molecule has 0 unspecified atom stereocenters. The van der Waals surface area contributed by atoms with Gasteiger partial charge in [-0.15, -0.1) is 0 Å². The van der Waals surface area contributed by atoms with Crippen molar-refractivity contribution >= 4 is 22.7 Å². The van der Waals surface area contributed by atoms with Crippen LogP contribution in [0, 0.1) is 0 Å². The van der Waals surface area contributed by atoms with E-state index in [0.717, 1.165) is 28.7 Å². The molecule has 150 valence electrons. The lowest BCUT2D eigenvalue weighted by Crippen LogP contribution is -2.58. The highest BCUT2D eigenvalue weighted by Gasteiger charge is 2.48. The number of para-hydroxylation sites is 1. The van der Waals surface area contributed by atoms with E-state index in [1.165, 1.54) is 0 Å². The number of imidazole rings is 1. The number of piperidine rings is 1. The molecular weight excluding hydrogens is 368 g/mol. The van der Waals surface area contributed by atoms with Gasteiger partial charge >= 0.3 is 0 Å². The number of H-pyrrole nitrogens is 2. The number of fused-ring (bicyclic) bond motifs is 3. The van der Waals surface area contributed by atoms with Gasteiger partial charge in [-0.05, 0) is 18.9 Å². The molecule has 1 aromatic carbocycles. The Hall–Kier alpha value is -3.16.